The quantitative estimate of drug-likeness (QED) is 0.734. The minimum absolute atomic E-state index is 0.207. The monoisotopic (exact) mass is 343 g/mol. The highest BCUT2D eigenvalue weighted by molar-refractivity contribution is 5.86. The predicted octanol–water partition coefficient (Wildman–Crippen LogP) is 4.85. The summed E-state index contributed by atoms with van der Waals surface area (Å²) in [7, 11) is 1.84. The molecule has 0 spiro atoms. The Morgan fingerprint density at radius 2 is 1.72 bits per heavy atom. The number of quaternary nitrogens is 1. The van der Waals surface area contributed by atoms with Crippen LogP contribution >= 0.6 is 0 Å². The average molecular weight is 343 g/mol. The van der Waals surface area contributed by atoms with Gasteiger partial charge in [-0.15, -0.1) is 4.65 Å². The second kappa shape index (κ2) is 6.99. The first kappa shape index (κ1) is 16.9. The first-order valence-corrected chi connectivity index (χ1v) is 10.1. The maximum atomic E-state index is 12.8. The van der Waals surface area contributed by atoms with Crippen LogP contribution in [0.25, 0.3) is 0 Å². The summed E-state index contributed by atoms with van der Waals surface area (Å²) < 4.78 is 0.544. The minimum atomic E-state index is -0.207. The summed E-state index contributed by atoms with van der Waals surface area (Å²) in [6.07, 6.45) is 9.97. The molecule has 0 N–H and O–H groups in total. The fraction of sp³-hybridized carbons (Fsp3) is 0.667. The van der Waals surface area contributed by atoms with Crippen molar-refractivity contribution in [3.8, 4) is 0 Å². The van der Waals surface area contributed by atoms with Crippen LogP contribution in [0.4, 0.5) is 10.5 Å². The summed E-state index contributed by atoms with van der Waals surface area (Å²) in [4.78, 5) is 20.5. The molecular weight excluding hydrogens is 312 g/mol. The van der Waals surface area contributed by atoms with E-state index in [1.165, 1.54) is 56.9 Å². The van der Waals surface area contributed by atoms with Gasteiger partial charge in [0.05, 0.1) is 0 Å². The standard InChI is InChI=1S/C21H31N2O2/c1-22(21(24)25-23-13-10-17(11-14-23)12-15-23)20-9-5-8-19(16-20)18-6-3-2-4-7-18/h5,8-9,16-18H,2-4,6-7,10-15H2,1H3/q+1. The number of fused-ring (bicyclic) bond motifs is 3. The number of hydroxylamine groups is 3. The summed E-state index contributed by atoms with van der Waals surface area (Å²) in [5, 5.41) is 0. The lowest BCUT2D eigenvalue weighted by Gasteiger charge is -2.45. The molecule has 4 nitrogen and oxygen atoms in total. The minimum Gasteiger partial charge on any atom is -0.276 e. The Kier molecular flexibility index (Phi) is 4.72. The van der Waals surface area contributed by atoms with Gasteiger partial charge in [0, 0.05) is 32.0 Å². The Bertz CT molecular complexity index is 602. The summed E-state index contributed by atoms with van der Waals surface area (Å²) >= 11 is 0. The zero-order chi connectivity index (χ0) is 17.3. The third-order valence-corrected chi connectivity index (χ3v) is 6.71. The molecule has 2 bridgehead atoms. The molecule has 4 heteroatoms. The van der Waals surface area contributed by atoms with E-state index in [-0.39, 0.29) is 6.09 Å². The fourth-order valence-electron chi connectivity index (χ4n) is 4.91. The van der Waals surface area contributed by atoms with Crippen molar-refractivity contribution in [1.82, 2.24) is 0 Å². The molecule has 3 saturated heterocycles. The molecule has 4 aliphatic rings. The van der Waals surface area contributed by atoms with E-state index < -0.39 is 0 Å². The molecule has 5 rings (SSSR count). The molecule has 1 saturated carbocycles. The van der Waals surface area contributed by atoms with Crippen molar-refractivity contribution < 1.29 is 14.3 Å². The molecule has 0 atom stereocenters. The predicted molar refractivity (Wildman–Crippen MR) is 99.4 cm³/mol. The van der Waals surface area contributed by atoms with Crippen LogP contribution in [0.1, 0.15) is 62.8 Å². The van der Waals surface area contributed by atoms with Gasteiger partial charge in [-0.25, -0.2) is 4.79 Å². The van der Waals surface area contributed by atoms with Gasteiger partial charge in [-0.3, -0.25) is 9.74 Å². The van der Waals surface area contributed by atoms with Crippen LogP contribution in [0.5, 0.6) is 0 Å². The Labute approximate surface area is 151 Å². The van der Waals surface area contributed by atoms with Gasteiger partial charge in [-0.1, -0.05) is 31.4 Å². The SMILES string of the molecule is CN(C(=O)O[N+]12CCC(CC1)CC2)c1cccc(C2CCCCC2)c1. The maximum Gasteiger partial charge on any atom is 0.468 e. The number of anilines is 1. The molecule has 136 valence electrons. The molecule has 0 radical (unpaired) electrons. The molecule has 4 fully saturated rings. The van der Waals surface area contributed by atoms with Crippen LogP contribution < -0.4 is 4.90 Å². The van der Waals surface area contributed by atoms with E-state index in [0.717, 1.165) is 31.2 Å². The molecule has 1 aliphatic carbocycles. The van der Waals surface area contributed by atoms with E-state index in [1.807, 2.05) is 13.1 Å². The first-order valence-electron chi connectivity index (χ1n) is 10.1. The highest BCUT2D eigenvalue weighted by atomic mass is 16.8. The fourth-order valence-corrected chi connectivity index (χ4v) is 4.91. The van der Waals surface area contributed by atoms with Gasteiger partial charge in [0.2, 0.25) is 0 Å². The number of hydrogen-bond donors (Lipinski definition) is 0. The van der Waals surface area contributed by atoms with Crippen molar-refractivity contribution in [3.05, 3.63) is 29.8 Å². The number of carbonyl (C=O) groups is 1. The van der Waals surface area contributed by atoms with Crippen molar-refractivity contribution in [2.75, 3.05) is 31.6 Å². The molecule has 25 heavy (non-hydrogen) atoms. The summed E-state index contributed by atoms with van der Waals surface area (Å²) in [6, 6.07) is 8.52. The maximum absolute atomic E-state index is 12.8. The molecular formula is C21H31N2O2+. The van der Waals surface area contributed by atoms with Crippen LogP contribution in [0.15, 0.2) is 24.3 Å². The van der Waals surface area contributed by atoms with Crippen molar-refractivity contribution in [1.29, 1.82) is 0 Å². The van der Waals surface area contributed by atoms with Gasteiger partial charge in [-0.05, 0) is 42.4 Å². The van der Waals surface area contributed by atoms with Crippen molar-refractivity contribution in [2.24, 2.45) is 5.92 Å². The Hall–Kier alpha value is -1.55. The summed E-state index contributed by atoms with van der Waals surface area (Å²) in [5.41, 5.74) is 2.33. The van der Waals surface area contributed by atoms with E-state index in [1.54, 1.807) is 4.90 Å². The van der Waals surface area contributed by atoms with Crippen LogP contribution in [-0.4, -0.2) is 37.4 Å². The molecule has 1 amide bonds. The van der Waals surface area contributed by atoms with Gasteiger partial charge in [-0.2, -0.15) is 0 Å². The van der Waals surface area contributed by atoms with Gasteiger partial charge in [0.1, 0.15) is 19.6 Å². The number of piperidine rings is 3. The third-order valence-electron chi connectivity index (χ3n) is 6.71. The lowest BCUT2D eigenvalue weighted by atomic mass is 9.84. The van der Waals surface area contributed by atoms with Gasteiger partial charge in [0.15, 0.2) is 0 Å². The van der Waals surface area contributed by atoms with Gasteiger partial charge in [0.25, 0.3) is 0 Å². The molecule has 1 aromatic rings. The first-order chi connectivity index (χ1) is 12.2. The van der Waals surface area contributed by atoms with E-state index in [9.17, 15) is 4.79 Å². The van der Waals surface area contributed by atoms with E-state index in [0.29, 0.717) is 10.6 Å². The zero-order valence-corrected chi connectivity index (χ0v) is 15.5. The Balaban J connectivity index is 1.44. The smallest absolute Gasteiger partial charge is 0.276 e. The van der Waals surface area contributed by atoms with Gasteiger partial charge < -0.3 is 0 Å². The van der Waals surface area contributed by atoms with Crippen molar-refractivity contribution in [3.63, 3.8) is 0 Å². The van der Waals surface area contributed by atoms with E-state index >= 15 is 0 Å². The molecule has 3 aliphatic heterocycles. The number of benzene rings is 1. The summed E-state index contributed by atoms with van der Waals surface area (Å²) in [5.74, 6) is 1.52. The third kappa shape index (κ3) is 3.55. The number of carbonyl (C=O) groups excluding carboxylic acids is 1. The molecule has 1 aromatic carbocycles. The highest BCUT2D eigenvalue weighted by Crippen LogP contribution is 2.36. The normalized spacial score (nSPS) is 29.4. The topological polar surface area (TPSA) is 29.5 Å². The van der Waals surface area contributed by atoms with Crippen LogP contribution in [0.2, 0.25) is 0 Å². The van der Waals surface area contributed by atoms with Crippen LogP contribution in [0.3, 0.4) is 0 Å². The number of amides is 1. The summed E-state index contributed by atoms with van der Waals surface area (Å²) in [6.45, 7) is 2.98. The van der Waals surface area contributed by atoms with Crippen molar-refractivity contribution in [2.45, 2.75) is 57.3 Å². The number of rotatable bonds is 3. The van der Waals surface area contributed by atoms with Gasteiger partial charge >= 0.3 is 6.09 Å². The number of hydrogen-bond acceptors (Lipinski definition) is 2. The van der Waals surface area contributed by atoms with Crippen LogP contribution in [0, 0.1) is 5.92 Å². The highest BCUT2D eigenvalue weighted by Gasteiger charge is 2.44. The van der Waals surface area contributed by atoms with Crippen LogP contribution in [-0.2, 0) is 4.84 Å². The largest absolute Gasteiger partial charge is 0.468 e. The molecule has 0 aromatic heterocycles. The second-order valence-electron chi connectivity index (χ2n) is 8.31. The lowest BCUT2D eigenvalue weighted by molar-refractivity contribution is -1.10. The lowest BCUT2D eigenvalue weighted by Crippen LogP contribution is -2.59. The number of nitrogens with zero attached hydrogens (tertiary/aromatic N) is 2. The Morgan fingerprint density at radius 1 is 1.04 bits per heavy atom. The second-order valence-corrected chi connectivity index (χ2v) is 8.31. The zero-order valence-electron chi connectivity index (χ0n) is 15.5. The Morgan fingerprint density at radius 3 is 2.40 bits per heavy atom. The van der Waals surface area contributed by atoms with Crippen molar-refractivity contribution >= 4 is 11.8 Å². The molecule has 0 unspecified atom stereocenters. The van der Waals surface area contributed by atoms with E-state index in [2.05, 4.69) is 18.2 Å². The van der Waals surface area contributed by atoms with E-state index in [4.69, 9.17) is 4.84 Å². The average Bonchev–Trinajstić information content (AvgIpc) is 2.69. The molecule has 3 heterocycles.